The van der Waals surface area contributed by atoms with Crippen LogP contribution in [0.3, 0.4) is 0 Å². The minimum absolute atomic E-state index is 0. The number of nitrogens with zero attached hydrogens (tertiary/aromatic N) is 3. The van der Waals surface area contributed by atoms with Crippen molar-refractivity contribution in [3.05, 3.63) is 102 Å². The molecule has 0 aliphatic carbocycles. The van der Waals surface area contributed by atoms with E-state index in [4.69, 9.17) is 14.6 Å². The number of imidazole rings is 1. The normalized spacial score (nSPS) is 12.9. The van der Waals surface area contributed by atoms with Crippen molar-refractivity contribution < 1.29 is 19.4 Å². The number of carboxylic acids is 1. The Hall–Kier alpha value is -3.56. The Morgan fingerprint density at radius 3 is 2.23 bits per heavy atom. The molecule has 0 unspecified atom stereocenters. The molecular weight excluding hydrogens is 617 g/mol. The van der Waals surface area contributed by atoms with Crippen molar-refractivity contribution in [1.29, 1.82) is 0 Å². The van der Waals surface area contributed by atoms with Gasteiger partial charge in [0.15, 0.2) is 0 Å². The summed E-state index contributed by atoms with van der Waals surface area (Å²) in [4.78, 5) is 18.7. The van der Waals surface area contributed by atoms with Gasteiger partial charge in [-0.3, -0.25) is 9.69 Å². The molecule has 5 aromatic rings. The van der Waals surface area contributed by atoms with Crippen LogP contribution >= 0.6 is 36.2 Å². The maximum Gasteiger partial charge on any atom is 0.309 e. The lowest BCUT2D eigenvalue weighted by molar-refractivity contribution is -0.136. The molecule has 0 radical (unpaired) electrons. The first-order valence-electron chi connectivity index (χ1n) is 14.5. The van der Waals surface area contributed by atoms with Gasteiger partial charge in [0, 0.05) is 22.3 Å². The first-order chi connectivity index (χ1) is 20.6. The molecule has 44 heavy (non-hydrogen) atoms. The van der Waals surface area contributed by atoms with Gasteiger partial charge in [0.2, 0.25) is 0 Å². The number of ether oxygens (including phenoxy) is 2. The SMILES string of the molecule is Cl.Cl.O=C(O)Cc1cn(CCOc2ccc(-c3sc4ccccc4c3Cc3ccc(OCCN4CCCC4)cc3)cc2)cn1. The third kappa shape index (κ3) is 8.54. The Labute approximate surface area is 274 Å². The summed E-state index contributed by atoms with van der Waals surface area (Å²) >= 11 is 1.83. The van der Waals surface area contributed by atoms with Crippen LogP contribution in [-0.4, -0.2) is 58.4 Å². The van der Waals surface area contributed by atoms with Crippen LogP contribution in [0.1, 0.15) is 29.7 Å². The van der Waals surface area contributed by atoms with Crippen molar-refractivity contribution in [2.75, 3.05) is 32.8 Å². The lowest BCUT2D eigenvalue weighted by Gasteiger charge is -2.15. The van der Waals surface area contributed by atoms with Crippen LogP contribution in [0.4, 0.5) is 0 Å². The summed E-state index contributed by atoms with van der Waals surface area (Å²) in [7, 11) is 0. The van der Waals surface area contributed by atoms with Crippen molar-refractivity contribution in [2.45, 2.75) is 32.2 Å². The van der Waals surface area contributed by atoms with E-state index in [2.05, 4.69) is 70.5 Å². The number of hydrogen-bond donors (Lipinski definition) is 1. The smallest absolute Gasteiger partial charge is 0.309 e. The molecule has 6 rings (SSSR count). The van der Waals surface area contributed by atoms with E-state index in [1.165, 1.54) is 57.6 Å². The Bertz CT molecular complexity index is 1630. The molecule has 0 spiro atoms. The standard InChI is InChI=1S/C34H35N3O4S.2ClH/c38-33(39)22-27-23-37(24-35-27)18-20-41-29-13-9-26(10-14-29)34-31(30-5-1-2-6-32(30)42-34)21-25-7-11-28(12-8-25)40-19-17-36-15-3-4-16-36;;/h1-2,5-14,23-24H,3-4,15-22H2,(H,38,39);2*1H. The van der Waals surface area contributed by atoms with Gasteiger partial charge in [0.25, 0.3) is 0 Å². The minimum Gasteiger partial charge on any atom is -0.492 e. The fourth-order valence-corrected chi connectivity index (χ4v) is 6.69. The molecule has 0 amide bonds. The number of rotatable bonds is 13. The van der Waals surface area contributed by atoms with Gasteiger partial charge < -0.3 is 19.1 Å². The van der Waals surface area contributed by atoms with Gasteiger partial charge in [-0.2, -0.15) is 0 Å². The first kappa shape index (κ1) is 33.3. The zero-order valence-corrected chi connectivity index (χ0v) is 26.8. The van der Waals surface area contributed by atoms with E-state index >= 15 is 0 Å². The molecule has 1 aliphatic rings. The van der Waals surface area contributed by atoms with Crippen LogP contribution in [0.15, 0.2) is 85.3 Å². The molecule has 0 saturated carbocycles. The lowest BCUT2D eigenvalue weighted by Crippen LogP contribution is -2.25. The third-order valence-corrected chi connectivity index (χ3v) is 8.89. The van der Waals surface area contributed by atoms with Crippen LogP contribution in [0.5, 0.6) is 11.5 Å². The zero-order chi connectivity index (χ0) is 28.7. The van der Waals surface area contributed by atoms with Crippen molar-refractivity contribution in [3.63, 3.8) is 0 Å². The molecule has 7 nitrogen and oxygen atoms in total. The number of carboxylic acid groups (broad SMARTS) is 1. The first-order valence-corrected chi connectivity index (χ1v) is 15.3. The number of hydrogen-bond acceptors (Lipinski definition) is 6. The highest BCUT2D eigenvalue weighted by Gasteiger charge is 2.15. The predicted molar refractivity (Wildman–Crippen MR) is 181 cm³/mol. The Balaban J connectivity index is 0.00000221. The molecule has 10 heteroatoms. The van der Waals surface area contributed by atoms with E-state index in [0.717, 1.165) is 31.1 Å². The molecule has 1 saturated heterocycles. The summed E-state index contributed by atoms with van der Waals surface area (Å²) in [5, 5.41) is 10.2. The van der Waals surface area contributed by atoms with E-state index in [0.29, 0.717) is 18.8 Å². The number of likely N-dealkylation sites (tertiary alicyclic amines) is 1. The maximum absolute atomic E-state index is 10.9. The van der Waals surface area contributed by atoms with Gasteiger partial charge in [-0.15, -0.1) is 36.2 Å². The number of thiophene rings is 1. The van der Waals surface area contributed by atoms with Crippen LogP contribution in [0.25, 0.3) is 20.5 Å². The zero-order valence-electron chi connectivity index (χ0n) is 24.4. The number of halogens is 2. The van der Waals surface area contributed by atoms with Gasteiger partial charge in [-0.1, -0.05) is 30.3 Å². The summed E-state index contributed by atoms with van der Waals surface area (Å²) in [6.07, 6.45) is 6.77. The topological polar surface area (TPSA) is 76.8 Å². The molecule has 1 N–H and O–H groups in total. The fraction of sp³-hybridized carbons (Fsp3) is 0.294. The number of carbonyl (C=O) groups is 1. The van der Waals surface area contributed by atoms with Gasteiger partial charge in [-0.25, -0.2) is 4.98 Å². The molecule has 3 heterocycles. The summed E-state index contributed by atoms with van der Waals surface area (Å²) in [5.41, 5.74) is 4.32. The summed E-state index contributed by atoms with van der Waals surface area (Å²) in [6.45, 7) is 5.18. The number of benzene rings is 3. The van der Waals surface area contributed by atoms with Gasteiger partial charge >= 0.3 is 5.97 Å². The van der Waals surface area contributed by atoms with Crippen molar-refractivity contribution in [3.8, 4) is 21.9 Å². The maximum atomic E-state index is 10.9. The molecule has 2 aromatic heterocycles. The number of fused-ring (bicyclic) bond motifs is 1. The van der Waals surface area contributed by atoms with E-state index < -0.39 is 5.97 Å². The predicted octanol–water partition coefficient (Wildman–Crippen LogP) is 7.38. The second-order valence-corrected chi connectivity index (χ2v) is 11.7. The monoisotopic (exact) mass is 653 g/mol. The highest BCUT2D eigenvalue weighted by Crippen LogP contribution is 2.40. The minimum atomic E-state index is -0.885. The van der Waals surface area contributed by atoms with Crippen LogP contribution in [0.2, 0.25) is 0 Å². The Morgan fingerprint density at radius 2 is 1.52 bits per heavy atom. The van der Waals surface area contributed by atoms with Crippen molar-refractivity contribution in [1.82, 2.24) is 14.5 Å². The average molecular weight is 655 g/mol. The summed E-state index contributed by atoms with van der Waals surface area (Å²) < 4.78 is 15.1. The molecule has 0 bridgehead atoms. The third-order valence-electron chi connectivity index (χ3n) is 7.63. The fourth-order valence-electron chi connectivity index (χ4n) is 5.46. The van der Waals surface area contributed by atoms with Gasteiger partial charge in [0.1, 0.15) is 24.7 Å². The number of aliphatic carboxylic acids is 1. The van der Waals surface area contributed by atoms with Gasteiger partial charge in [-0.05, 0) is 96.9 Å². The van der Waals surface area contributed by atoms with Crippen LogP contribution in [0, 0.1) is 0 Å². The molecule has 0 atom stereocenters. The Morgan fingerprint density at radius 1 is 0.864 bits per heavy atom. The molecule has 232 valence electrons. The summed E-state index contributed by atoms with van der Waals surface area (Å²) in [5.74, 6) is 0.842. The van der Waals surface area contributed by atoms with Crippen LogP contribution in [-0.2, 0) is 24.2 Å². The average Bonchev–Trinajstić information content (AvgIpc) is 3.76. The quantitative estimate of drug-likeness (QED) is 0.143. The van der Waals surface area contributed by atoms with E-state index in [1.807, 2.05) is 28.0 Å². The summed E-state index contributed by atoms with van der Waals surface area (Å²) in [6, 6.07) is 25.5. The van der Waals surface area contributed by atoms with Crippen molar-refractivity contribution >= 4 is 52.2 Å². The van der Waals surface area contributed by atoms with E-state index in [9.17, 15) is 4.79 Å². The van der Waals surface area contributed by atoms with E-state index in [1.54, 1.807) is 12.5 Å². The second kappa shape index (κ2) is 16.0. The molecule has 1 fully saturated rings. The Kier molecular flexibility index (Phi) is 12.1. The molecule has 1 aliphatic heterocycles. The van der Waals surface area contributed by atoms with Gasteiger partial charge in [0.05, 0.1) is 25.0 Å². The highest BCUT2D eigenvalue weighted by molar-refractivity contribution is 7.22. The molecule has 3 aromatic carbocycles. The van der Waals surface area contributed by atoms with Crippen molar-refractivity contribution in [2.24, 2.45) is 0 Å². The van der Waals surface area contributed by atoms with E-state index in [-0.39, 0.29) is 31.2 Å². The van der Waals surface area contributed by atoms with Crippen LogP contribution < -0.4 is 9.47 Å². The largest absolute Gasteiger partial charge is 0.492 e. The lowest BCUT2D eigenvalue weighted by atomic mass is 9.99. The second-order valence-electron chi connectivity index (χ2n) is 10.7. The molecular formula is C34H37Cl2N3O4S. The number of aromatic nitrogens is 2. The highest BCUT2D eigenvalue weighted by atomic mass is 35.5.